The number of hydrogen-bond donors (Lipinski definition) is 3. The SMILES string of the molecule is CCC(O)CNc1ccc(C(=O)O)cc1[N+](=O)[O-]. The molecule has 1 unspecified atom stereocenters. The van der Waals surface area contributed by atoms with Crippen molar-refractivity contribution < 1.29 is 19.9 Å². The largest absolute Gasteiger partial charge is 0.478 e. The van der Waals surface area contributed by atoms with Crippen molar-refractivity contribution in [1.29, 1.82) is 0 Å². The maximum absolute atomic E-state index is 10.8. The fourth-order valence-electron chi connectivity index (χ4n) is 1.34. The average Bonchev–Trinajstić information content (AvgIpc) is 2.35. The summed E-state index contributed by atoms with van der Waals surface area (Å²) in [5.74, 6) is -1.22. The Labute approximate surface area is 103 Å². The van der Waals surface area contributed by atoms with Crippen LogP contribution in [0, 0.1) is 10.1 Å². The van der Waals surface area contributed by atoms with E-state index in [9.17, 15) is 20.0 Å². The summed E-state index contributed by atoms with van der Waals surface area (Å²) in [7, 11) is 0. The van der Waals surface area contributed by atoms with Gasteiger partial charge in [-0.05, 0) is 18.6 Å². The predicted molar refractivity (Wildman–Crippen MR) is 64.8 cm³/mol. The molecule has 0 aliphatic heterocycles. The summed E-state index contributed by atoms with van der Waals surface area (Å²) >= 11 is 0. The highest BCUT2D eigenvalue weighted by molar-refractivity contribution is 5.89. The molecule has 1 rings (SSSR count). The van der Waals surface area contributed by atoms with Gasteiger partial charge in [0, 0.05) is 12.6 Å². The topological polar surface area (TPSA) is 113 Å². The molecular formula is C11H14N2O5. The summed E-state index contributed by atoms with van der Waals surface area (Å²) in [5.41, 5.74) is -0.279. The Morgan fingerprint density at radius 3 is 2.72 bits per heavy atom. The van der Waals surface area contributed by atoms with Crippen LogP contribution in [-0.4, -0.2) is 33.8 Å². The molecule has 7 nitrogen and oxygen atoms in total. The monoisotopic (exact) mass is 254 g/mol. The van der Waals surface area contributed by atoms with Gasteiger partial charge in [-0.15, -0.1) is 0 Å². The van der Waals surface area contributed by atoms with Gasteiger partial charge in [0.15, 0.2) is 0 Å². The molecule has 7 heteroatoms. The second kappa shape index (κ2) is 5.97. The third kappa shape index (κ3) is 3.42. The van der Waals surface area contributed by atoms with Gasteiger partial charge in [0.25, 0.3) is 5.69 Å². The number of aromatic carboxylic acids is 1. The van der Waals surface area contributed by atoms with E-state index < -0.39 is 17.0 Å². The van der Waals surface area contributed by atoms with Crippen molar-refractivity contribution in [1.82, 2.24) is 0 Å². The number of benzene rings is 1. The van der Waals surface area contributed by atoms with Crippen molar-refractivity contribution >= 4 is 17.3 Å². The number of aliphatic hydroxyl groups is 1. The Hall–Kier alpha value is -2.15. The average molecular weight is 254 g/mol. The maximum atomic E-state index is 10.8. The molecule has 0 saturated carbocycles. The standard InChI is InChI=1S/C11H14N2O5/c1-2-8(14)6-12-9-4-3-7(11(15)16)5-10(9)13(17)18/h3-5,8,12,14H,2,6H2,1H3,(H,15,16). The van der Waals surface area contributed by atoms with E-state index >= 15 is 0 Å². The molecule has 0 spiro atoms. The van der Waals surface area contributed by atoms with Crippen LogP contribution in [0.25, 0.3) is 0 Å². The normalized spacial score (nSPS) is 11.9. The second-order valence-corrected chi connectivity index (χ2v) is 3.74. The van der Waals surface area contributed by atoms with Crippen LogP contribution in [0.3, 0.4) is 0 Å². The molecule has 0 radical (unpaired) electrons. The van der Waals surface area contributed by atoms with Gasteiger partial charge >= 0.3 is 5.97 Å². The number of nitro benzene ring substituents is 1. The van der Waals surface area contributed by atoms with Crippen LogP contribution >= 0.6 is 0 Å². The lowest BCUT2D eigenvalue weighted by Crippen LogP contribution is -2.18. The van der Waals surface area contributed by atoms with E-state index in [1.807, 2.05) is 0 Å². The van der Waals surface area contributed by atoms with E-state index in [-0.39, 0.29) is 23.5 Å². The number of aliphatic hydroxyl groups excluding tert-OH is 1. The highest BCUT2D eigenvalue weighted by Gasteiger charge is 2.17. The first kappa shape index (κ1) is 13.9. The van der Waals surface area contributed by atoms with E-state index in [1.54, 1.807) is 6.92 Å². The number of carboxylic acids is 1. The summed E-state index contributed by atoms with van der Waals surface area (Å²) in [6.07, 6.45) is -0.0858. The molecule has 1 aromatic carbocycles. The van der Waals surface area contributed by atoms with Crippen molar-refractivity contribution in [3.05, 3.63) is 33.9 Å². The Kier molecular flexibility index (Phi) is 4.61. The van der Waals surface area contributed by atoms with Crippen molar-refractivity contribution in [2.45, 2.75) is 19.4 Å². The zero-order valence-electron chi connectivity index (χ0n) is 9.79. The quantitative estimate of drug-likeness (QED) is 0.523. The molecule has 0 heterocycles. The number of carboxylic acid groups (broad SMARTS) is 1. The number of anilines is 1. The molecule has 0 bridgehead atoms. The number of rotatable bonds is 6. The molecule has 0 aliphatic carbocycles. The van der Waals surface area contributed by atoms with Gasteiger partial charge in [-0.2, -0.15) is 0 Å². The summed E-state index contributed by atoms with van der Waals surface area (Å²) in [5, 5.41) is 31.7. The van der Waals surface area contributed by atoms with Crippen LogP contribution in [0.4, 0.5) is 11.4 Å². The minimum atomic E-state index is -1.22. The second-order valence-electron chi connectivity index (χ2n) is 3.74. The van der Waals surface area contributed by atoms with E-state index in [2.05, 4.69) is 5.32 Å². The first-order chi connectivity index (χ1) is 8.45. The maximum Gasteiger partial charge on any atom is 0.335 e. The minimum Gasteiger partial charge on any atom is -0.478 e. The van der Waals surface area contributed by atoms with Gasteiger partial charge in [0.1, 0.15) is 5.69 Å². The molecule has 0 saturated heterocycles. The molecule has 0 aromatic heterocycles. The van der Waals surface area contributed by atoms with Crippen molar-refractivity contribution in [3.8, 4) is 0 Å². The molecule has 0 amide bonds. The van der Waals surface area contributed by atoms with Gasteiger partial charge in [-0.1, -0.05) is 6.92 Å². The van der Waals surface area contributed by atoms with Gasteiger partial charge in [0.2, 0.25) is 0 Å². The lowest BCUT2D eigenvalue weighted by atomic mass is 10.1. The van der Waals surface area contributed by atoms with Gasteiger partial charge in [0.05, 0.1) is 16.6 Å². The van der Waals surface area contributed by atoms with Crippen LogP contribution in [0.2, 0.25) is 0 Å². The number of nitro groups is 1. The van der Waals surface area contributed by atoms with Crippen LogP contribution in [0.1, 0.15) is 23.7 Å². The van der Waals surface area contributed by atoms with Crippen LogP contribution in [0.15, 0.2) is 18.2 Å². The number of nitrogens with zero attached hydrogens (tertiary/aromatic N) is 1. The number of carbonyl (C=O) groups is 1. The number of nitrogens with one attached hydrogen (secondary N) is 1. The summed E-state index contributed by atoms with van der Waals surface area (Å²) in [6, 6.07) is 3.59. The van der Waals surface area contributed by atoms with Crippen LogP contribution < -0.4 is 5.32 Å². The lowest BCUT2D eigenvalue weighted by molar-refractivity contribution is -0.384. The van der Waals surface area contributed by atoms with Gasteiger partial charge < -0.3 is 15.5 Å². The Bertz CT molecular complexity index is 461. The molecular weight excluding hydrogens is 240 g/mol. The van der Waals surface area contributed by atoms with E-state index in [1.165, 1.54) is 12.1 Å². The van der Waals surface area contributed by atoms with E-state index in [4.69, 9.17) is 5.11 Å². The van der Waals surface area contributed by atoms with Gasteiger partial charge in [-0.25, -0.2) is 4.79 Å². The Morgan fingerprint density at radius 2 is 2.22 bits per heavy atom. The summed E-state index contributed by atoms with van der Waals surface area (Å²) in [6.45, 7) is 1.96. The predicted octanol–water partition coefficient (Wildman–Crippen LogP) is 1.48. The fraction of sp³-hybridized carbons (Fsp3) is 0.364. The summed E-state index contributed by atoms with van der Waals surface area (Å²) in [4.78, 5) is 20.9. The van der Waals surface area contributed by atoms with E-state index in [0.29, 0.717) is 6.42 Å². The minimum absolute atomic E-state index is 0.150. The van der Waals surface area contributed by atoms with Crippen molar-refractivity contribution in [2.24, 2.45) is 0 Å². The molecule has 1 aromatic rings. The highest BCUT2D eigenvalue weighted by Crippen LogP contribution is 2.25. The lowest BCUT2D eigenvalue weighted by Gasteiger charge is -2.11. The molecule has 1 atom stereocenters. The molecule has 0 aliphatic rings. The van der Waals surface area contributed by atoms with E-state index in [0.717, 1.165) is 6.07 Å². The third-order valence-corrected chi connectivity index (χ3v) is 2.44. The smallest absolute Gasteiger partial charge is 0.335 e. The third-order valence-electron chi connectivity index (χ3n) is 2.44. The van der Waals surface area contributed by atoms with Crippen LogP contribution in [0.5, 0.6) is 0 Å². The Balaban J connectivity index is 2.97. The fourth-order valence-corrected chi connectivity index (χ4v) is 1.34. The Morgan fingerprint density at radius 1 is 1.56 bits per heavy atom. The molecule has 0 fully saturated rings. The highest BCUT2D eigenvalue weighted by atomic mass is 16.6. The zero-order valence-corrected chi connectivity index (χ0v) is 9.79. The first-order valence-corrected chi connectivity index (χ1v) is 5.39. The molecule has 18 heavy (non-hydrogen) atoms. The van der Waals surface area contributed by atoms with Crippen molar-refractivity contribution in [2.75, 3.05) is 11.9 Å². The molecule has 98 valence electrons. The molecule has 3 N–H and O–H groups in total. The first-order valence-electron chi connectivity index (χ1n) is 5.39. The van der Waals surface area contributed by atoms with Crippen molar-refractivity contribution in [3.63, 3.8) is 0 Å². The number of hydrogen-bond acceptors (Lipinski definition) is 5. The zero-order chi connectivity index (χ0) is 13.7. The summed E-state index contributed by atoms with van der Waals surface area (Å²) < 4.78 is 0. The van der Waals surface area contributed by atoms with Crippen LogP contribution in [-0.2, 0) is 0 Å². The van der Waals surface area contributed by atoms with Gasteiger partial charge in [-0.3, -0.25) is 10.1 Å².